The molecule has 1 N–H and O–H groups in total. The Morgan fingerprint density at radius 2 is 1.77 bits per heavy atom. The third-order valence-electron chi connectivity index (χ3n) is 5.84. The summed E-state index contributed by atoms with van der Waals surface area (Å²) in [5.74, 6) is 0.00725. The summed E-state index contributed by atoms with van der Waals surface area (Å²) in [6, 6.07) is -6.85. The topological polar surface area (TPSA) is 84.7 Å². The van der Waals surface area contributed by atoms with Crippen molar-refractivity contribution in [3.63, 3.8) is 0 Å². The van der Waals surface area contributed by atoms with E-state index in [9.17, 15) is 44.3 Å². The average Bonchev–Trinajstić information content (AvgIpc) is 3.32. The number of imidazole rings is 1. The molecule has 0 fully saturated rings. The van der Waals surface area contributed by atoms with E-state index in [0.29, 0.717) is 11.3 Å². The van der Waals surface area contributed by atoms with Crippen LogP contribution in [0.15, 0.2) is 30.9 Å². The van der Waals surface area contributed by atoms with Crippen LogP contribution in [-0.2, 0) is 0 Å². The molecule has 0 bridgehead atoms. The number of amides is 2. The van der Waals surface area contributed by atoms with Gasteiger partial charge in [-0.25, -0.2) is 14.8 Å². The molecule has 17 heteroatoms. The summed E-state index contributed by atoms with van der Waals surface area (Å²) in [5.41, 5.74) is 0.270. The second-order valence-electron chi connectivity index (χ2n) is 8.61. The summed E-state index contributed by atoms with van der Waals surface area (Å²) >= 11 is 0. The van der Waals surface area contributed by atoms with Gasteiger partial charge >= 0.3 is 24.6 Å². The first kappa shape index (κ1) is 30.7. The van der Waals surface area contributed by atoms with Crippen molar-refractivity contribution in [1.29, 1.82) is 0 Å². The number of halogens is 9. The Labute approximate surface area is 221 Å². The lowest BCUT2D eigenvalue weighted by Gasteiger charge is -2.34. The summed E-state index contributed by atoms with van der Waals surface area (Å²) in [6.07, 6.45) is -13.7. The molecule has 8 nitrogen and oxygen atoms in total. The van der Waals surface area contributed by atoms with Crippen LogP contribution in [0.5, 0.6) is 5.75 Å². The Bertz CT molecular complexity index is 1340. The molecule has 0 aromatic carbocycles. The maximum atomic E-state index is 14.3. The Morgan fingerprint density at radius 3 is 2.33 bits per heavy atom. The number of alkyl halides is 9. The highest BCUT2D eigenvalue weighted by Crippen LogP contribution is 2.40. The quantitative estimate of drug-likeness (QED) is 0.327. The maximum Gasteiger partial charge on any atom is 0.414 e. The van der Waals surface area contributed by atoms with Gasteiger partial charge in [0.05, 0.1) is 30.4 Å². The number of nitrogens with one attached hydrogen (secondary N) is 1. The average molecular weight is 586 g/mol. The van der Waals surface area contributed by atoms with Crippen molar-refractivity contribution in [3.05, 3.63) is 42.2 Å². The number of carbonyl (C=O) groups excluding carboxylic acids is 1. The van der Waals surface area contributed by atoms with E-state index in [2.05, 4.69) is 15.0 Å². The summed E-state index contributed by atoms with van der Waals surface area (Å²) in [7, 11) is 1.23. The monoisotopic (exact) mass is 586 g/mol. The normalized spacial score (nSPS) is 14.2. The van der Waals surface area contributed by atoms with Crippen LogP contribution in [0.25, 0.3) is 16.9 Å². The van der Waals surface area contributed by atoms with E-state index in [0.717, 1.165) is 19.2 Å². The molecule has 0 radical (unpaired) electrons. The van der Waals surface area contributed by atoms with Crippen LogP contribution in [-0.4, -0.2) is 68.5 Å². The molecular weight excluding hydrogens is 563 g/mol. The zero-order valence-corrected chi connectivity index (χ0v) is 21.1. The van der Waals surface area contributed by atoms with Crippen molar-refractivity contribution in [1.82, 2.24) is 29.6 Å². The fraction of sp³-hybridized carbons (Fsp3) is 0.478. The smallest absolute Gasteiger partial charge is 0.414 e. The molecule has 40 heavy (non-hydrogen) atoms. The standard InChI is InChI=1S/C23H23F9N6O2/c1-4-38(20(39)36-17(22(27,28)29)5-6-21(24,25)26)18(23(30,31)32)14-9-13(16(40-3)10-34-14)15-11-37-8-7-33-19(37)12(2)35-15/h7-11,17-18H,4-6H2,1-3H3,(H,36,39)/t17?,18-/m0/s1. The maximum absolute atomic E-state index is 14.3. The Hall–Kier alpha value is -3.79. The largest absolute Gasteiger partial charge is 0.494 e. The first-order valence-corrected chi connectivity index (χ1v) is 11.6. The molecule has 0 spiro atoms. The van der Waals surface area contributed by atoms with Crippen molar-refractivity contribution in [3.8, 4) is 17.0 Å². The molecule has 3 heterocycles. The van der Waals surface area contributed by atoms with Crippen molar-refractivity contribution in [2.75, 3.05) is 13.7 Å². The number of urea groups is 1. The summed E-state index contributed by atoms with van der Waals surface area (Å²) < 4.78 is 127. The molecule has 0 saturated heterocycles. The van der Waals surface area contributed by atoms with Crippen LogP contribution >= 0.6 is 0 Å². The van der Waals surface area contributed by atoms with E-state index >= 15 is 0 Å². The third kappa shape index (κ3) is 7.04. The van der Waals surface area contributed by atoms with Gasteiger partial charge in [0.15, 0.2) is 11.7 Å². The molecule has 0 aliphatic rings. The van der Waals surface area contributed by atoms with E-state index in [1.165, 1.54) is 24.8 Å². The zero-order valence-electron chi connectivity index (χ0n) is 21.1. The van der Waals surface area contributed by atoms with Crippen molar-refractivity contribution < 1.29 is 49.0 Å². The van der Waals surface area contributed by atoms with Crippen LogP contribution in [0.3, 0.4) is 0 Å². The molecule has 2 amide bonds. The second-order valence-corrected chi connectivity index (χ2v) is 8.61. The van der Waals surface area contributed by atoms with Crippen LogP contribution < -0.4 is 10.1 Å². The first-order chi connectivity index (χ1) is 18.5. The molecule has 2 atom stereocenters. The number of aromatic nitrogens is 4. The number of ether oxygens (including phenoxy) is 1. The molecule has 220 valence electrons. The van der Waals surface area contributed by atoms with Gasteiger partial charge in [-0.05, 0) is 26.3 Å². The van der Waals surface area contributed by atoms with E-state index in [1.54, 1.807) is 17.5 Å². The van der Waals surface area contributed by atoms with Gasteiger partial charge in [-0.1, -0.05) is 0 Å². The first-order valence-electron chi connectivity index (χ1n) is 11.6. The minimum Gasteiger partial charge on any atom is -0.494 e. The van der Waals surface area contributed by atoms with Crippen molar-refractivity contribution in [2.24, 2.45) is 0 Å². The molecular formula is C23H23F9N6O2. The SMILES string of the molecule is CCN(C(=O)NC(CCC(F)(F)F)C(F)(F)F)[C@@H](c1cc(-c2cn3ccnc3c(C)n2)c(OC)cn1)C(F)(F)F. The van der Waals surface area contributed by atoms with Gasteiger partial charge in [-0.15, -0.1) is 0 Å². The highest BCUT2D eigenvalue weighted by atomic mass is 19.4. The molecule has 0 aliphatic heterocycles. The Balaban J connectivity index is 2.04. The minimum atomic E-state index is -5.35. The van der Waals surface area contributed by atoms with Crippen LogP contribution in [0.4, 0.5) is 44.3 Å². The molecule has 3 aromatic rings. The number of methoxy groups -OCH3 is 1. The van der Waals surface area contributed by atoms with Gasteiger partial charge in [-0.2, -0.15) is 39.5 Å². The van der Waals surface area contributed by atoms with Gasteiger partial charge in [0.1, 0.15) is 11.8 Å². The number of pyridine rings is 1. The van der Waals surface area contributed by atoms with E-state index in [1.807, 2.05) is 0 Å². The molecule has 0 saturated carbocycles. The predicted octanol–water partition coefficient (Wildman–Crippen LogP) is 6.02. The number of nitrogens with zero attached hydrogens (tertiary/aromatic N) is 5. The Kier molecular flexibility index (Phi) is 8.74. The van der Waals surface area contributed by atoms with Crippen LogP contribution in [0.2, 0.25) is 0 Å². The van der Waals surface area contributed by atoms with E-state index in [4.69, 9.17) is 4.74 Å². The fourth-order valence-corrected chi connectivity index (χ4v) is 3.99. The lowest BCUT2D eigenvalue weighted by Crippen LogP contribution is -2.53. The second kappa shape index (κ2) is 11.4. The summed E-state index contributed by atoms with van der Waals surface area (Å²) in [6.45, 7) is 1.91. The van der Waals surface area contributed by atoms with Gasteiger partial charge in [0.25, 0.3) is 0 Å². The van der Waals surface area contributed by atoms with Gasteiger partial charge in [0, 0.05) is 37.1 Å². The fourth-order valence-electron chi connectivity index (χ4n) is 3.99. The number of fused-ring (bicyclic) bond motifs is 1. The zero-order chi connectivity index (χ0) is 30.0. The number of aryl methyl sites for hydroxylation is 1. The number of hydrogen-bond acceptors (Lipinski definition) is 5. The van der Waals surface area contributed by atoms with E-state index in [-0.39, 0.29) is 21.9 Å². The lowest BCUT2D eigenvalue weighted by molar-refractivity contribution is -0.182. The predicted molar refractivity (Wildman–Crippen MR) is 122 cm³/mol. The summed E-state index contributed by atoms with van der Waals surface area (Å²) in [5, 5.41) is 1.28. The third-order valence-corrected chi connectivity index (χ3v) is 5.84. The number of carbonyl (C=O) groups is 1. The highest BCUT2D eigenvalue weighted by Gasteiger charge is 2.49. The molecule has 3 aromatic heterocycles. The highest BCUT2D eigenvalue weighted by molar-refractivity contribution is 5.75. The van der Waals surface area contributed by atoms with Crippen LogP contribution in [0, 0.1) is 6.92 Å². The van der Waals surface area contributed by atoms with Gasteiger partial charge in [0.2, 0.25) is 0 Å². The Morgan fingerprint density at radius 1 is 1.10 bits per heavy atom. The number of rotatable bonds is 8. The number of hydrogen-bond donors (Lipinski definition) is 1. The van der Waals surface area contributed by atoms with Gasteiger partial charge < -0.3 is 19.4 Å². The molecule has 3 rings (SSSR count). The lowest BCUT2D eigenvalue weighted by atomic mass is 10.1. The van der Waals surface area contributed by atoms with E-state index < -0.39 is 61.7 Å². The summed E-state index contributed by atoms with van der Waals surface area (Å²) in [4.78, 5) is 24.9. The van der Waals surface area contributed by atoms with Crippen molar-refractivity contribution in [2.45, 2.75) is 57.3 Å². The molecule has 0 aliphatic carbocycles. The van der Waals surface area contributed by atoms with Gasteiger partial charge in [-0.3, -0.25) is 4.98 Å². The minimum absolute atomic E-state index is 0.00725. The van der Waals surface area contributed by atoms with Crippen molar-refractivity contribution >= 4 is 11.7 Å². The molecule has 1 unspecified atom stereocenters. The van der Waals surface area contributed by atoms with Crippen LogP contribution in [0.1, 0.15) is 37.2 Å².